The first-order valence-electron chi connectivity index (χ1n) is 10.1. The van der Waals surface area contributed by atoms with Crippen LogP contribution < -0.4 is 9.47 Å². The van der Waals surface area contributed by atoms with Crippen molar-refractivity contribution in [2.75, 3.05) is 27.9 Å². The van der Waals surface area contributed by atoms with Crippen molar-refractivity contribution in [1.29, 1.82) is 0 Å². The van der Waals surface area contributed by atoms with Crippen molar-refractivity contribution in [3.63, 3.8) is 0 Å². The van der Waals surface area contributed by atoms with E-state index in [1.165, 1.54) is 42.4 Å². The summed E-state index contributed by atoms with van der Waals surface area (Å²) in [4.78, 5) is 0. The van der Waals surface area contributed by atoms with Crippen LogP contribution in [0, 0.1) is 5.92 Å². The van der Waals surface area contributed by atoms with E-state index in [0.717, 1.165) is 18.1 Å². The van der Waals surface area contributed by atoms with Crippen LogP contribution >= 0.6 is 0 Å². The minimum atomic E-state index is 0.378. The molecule has 2 aliphatic rings. The van der Waals surface area contributed by atoms with Gasteiger partial charge in [-0.25, -0.2) is 0 Å². The van der Waals surface area contributed by atoms with Gasteiger partial charge in [-0.2, -0.15) is 0 Å². The van der Waals surface area contributed by atoms with Crippen LogP contribution in [0.15, 0.2) is 42.5 Å². The minimum Gasteiger partial charge on any atom is -0.497 e. The summed E-state index contributed by atoms with van der Waals surface area (Å²) in [6.45, 7) is 0.749. The van der Waals surface area contributed by atoms with Crippen LogP contribution in [0.25, 0.3) is 0 Å². The van der Waals surface area contributed by atoms with Crippen molar-refractivity contribution in [2.24, 2.45) is 5.92 Å². The molecule has 0 N–H and O–H groups in total. The highest BCUT2D eigenvalue weighted by atomic mass is 16.5. The van der Waals surface area contributed by atoms with Crippen molar-refractivity contribution >= 4 is 0 Å². The SMILES string of the molecule is COC[C@H]1c2ccc(OC)cc2[C@@H]2CCCC[C@@H]2[C@@H]1c1ccc(OC)cc1. The molecule has 0 heterocycles. The zero-order valence-electron chi connectivity index (χ0n) is 16.6. The number of hydrogen-bond donors (Lipinski definition) is 0. The number of methoxy groups -OCH3 is 3. The Morgan fingerprint density at radius 2 is 1.52 bits per heavy atom. The van der Waals surface area contributed by atoms with E-state index in [1.807, 2.05) is 7.11 Å². The van der Waals surface area contributed by atoms with Crippen LogP contribution in [0.1, 0.15) is 60.1 Å². The molecule has 27 heavy (non-hydrogen) atoms. The lowest BCUT2D eigenvalue weighted by Gasteiger charge is -2.47. The molecule has 3 heteroatoms. The summed E-state index contributed by atoms with van der Waals surface area (Å²) in [5.74, 6) is 4.03. The third-order valence-electron chi connectivity index (χ3n) is 6.65. The number of rotatable bonds is 5. The highest BCUT2D eigenvalue weighted by Gasteiger charge is 2.44. The van der Waals surface area contributed by atoms with Crippen LogP contribution in [-0.2, 0) is 4.74 Å². The molecule has 2 aromatic carbocycles. The molecule has 2 aliphatic carbocycles. The monoisotopic (exact) mass is 366 g/mol. The fourth-order valence-electron chi connectivity index (χ4n) is 5.48. The molecule has 0 unspecified atom stereocenters. The van der Waals surface area contributed by atoms with Crippen LogP contribution in [0.5, 0.6) is 11.5 Å². The normalized spacial score (nSPS) is 26.8. The number of hydrogen-bond acceptors (Lipinski definition) is 3. The smallest absolute Gasteiger partial charge is 0.119 e. The molecule has 0 aliphatic heterocycles. The van der Waals surface area contributed by atoms with E-state index in [2.05, 4.69) is 42.5 Å². The van der Waals surface area contributed by atoms with Crippen molar-refractivity contribution in [1.82, 2.24) is 0 Å². The zero-order valence-corrected chi connectivity index (χ0v) is 16.6. The Hall–Kier alpha value is -2.00. The lowest BCUT2D eigenvalue weighted by molar-refractivity contribution is 0.130. The molecule has 1 saturated carbocycles. The van der Waals surface area contributed by atoms with Crippen LogP contribution in [0.4, 0.5) is 0 Å². The van der Waals surface area contributed by atoms with Gasteiger partial charge in [-0.05, 0) is 71.6 Å². The molecule has 3 nitrogen and oxygen atoms in total. The second-order valence-corrected chi connectivity index (χ2v) is 7.91. The van der Waals surface area contributed by atoms with E-state index in [9.17, 15) is 0 Å². The molecule has 2 aromatic rings. The predicted molar refractivity (Wildman–Crippen MR) is 108 cm³/mol. The predicted octanol–water partition coefficient (Wildman–Crippen LogP) is 5.51. The molecule has 0 amide bonds. The summed E-state index contributed by atoms with van der Waals surface area (Å²) in [7, 11) is 5.31. The average Bonchev–Trinajstić information content (AvgIpc) is 2.74. The zero-order chi connectivity index (χ0) is 18.8. The summed E-state index contributed by atoms with van der Waals surface area (Å²) in [6.07, 6.45) is 5.21. The highest BCUT2D eigenvalue weighted by molar-refractivity contribution is 5.46. The summed E-state index contributed by atoms with van der Waals surface area (Å²) in [6, 6.07) is 15.4. The molecular weight excluding hydrogens is 336 g/mol. The van der Waals surface area contributed by atoms with Crippen molar-refractivity contribution < 1.29 is 14.2 Å². The molecule has 1 fully saturated rings. The maximum Gasteiger partial charge on any atom is 0.119 e. The lowest BCUT2D eigenvalue weighted by atomic mass is 9.58. The van der Waals surface area contributed by atoms with Gasteiger partial charge in [-0.15, -0.1) is 0 Å². The van der Waals surface area contributed by atoms with E-state index in [0.29, 0.717) is 23.7 Å². The van der Waals surface area contributed by atoms with Gasteiger partial charge in [0.05, 0.1) is 20.8 Å². The minimum absolute atomic E-state index is 0.378. The Bertz CT molecular complexity index is 768. The lowest BCUT2D eigenvalue weighted by Crippen LogP contribution is -2.35. The van der Waals surface area contributed by atoms with Gasteiger partial charge in [0, 0.05) is 13.0 Å². The Labute approximate surface area is 162 Å². The number of fused-ring (bicyclic) bond motifs is 3. The van der Waals surface area contributed by atoms with E-state index in [4.69, 9.17) is 14.2 Å². The molecule has 0 bridgehead atoms. The average molecular weight is 367 g/mol. The summed E-state index contributed by atoms with van der Waals surface area (Å²) in [5.41, 5.74) is 4.35. The quantitative estimate of drug-likeness (QED) is 0.699. The molecular formula is C24H30O3. The Morgan fingerprint density at radius 1 is 0.815 bits per heavy atom. The van der Waals surface area contributed by atoms with Crippen LogP contribution in [0.2, 0.25) is 0 Å². The summed E-state index contributed by atoms with van der Waals surface area (Å²) in [5, 5.41) is 0. The number of ether oxygens (including phenoxy) is 3. The molecule has 0 spiro atoms. The maximum absolute atomic E-state index is 5.72. The topological polar surface area (TPSA) is 27.7 Å². The van der Waals surface area contributed by atoms with Crippen molar-refractivity contribution in [3.05, 3.63) is 59.2 Å². The Balaban J connectivity index is 1.82. The van der Waals surface area contributed by atoms with Crippen LogP contribution in [0.3, 0.4) is 0 Å². The second kappa shape index (κ2) is 7.93. The van der Waals surface area contributed by atoms with Crippen molar-refractivity contribution in [2.45, 2.75) is 43.4 Å². The van der Waals surface area contributed by atoms with E-state index in [1.54, 1.807) is 14.2 Å². The third kappa shape index (κ3) is 3.34. The van der Waals surface area contributed by atoms with Crippen molar-refractivity contribution in [3.8, 4) is 11.5 Å². The molecule has 144 valence electrons. The number of benzene rings is 2. The molecule has 4 rings (SSSR count). The second-order valence-electron chi connectivity index (χ2n) is 7.91. The van der Waals surface area contributed by atoms with Gasteiger partial charge in [-0.3, -0.25) is 0 Å². The highest BCUT2D eigenvalue weighted by Crippen LogP contribution is 2.56. The van der Waals surface area contributed by atoms with Gasteiger partial charge >= 0.3 is 0 Å². The third-order valence-corrected chi connectivity index (χ3v) is 6.65. The van der Waals surface area contributed by atoms with Gasteiger partial charge in [-0.1, -0.05) is 31.0 Å². The van der Waals surface area contributed by atoms with E-state index < -0.39 is 0 Å². The van der Waals surface area contributed by atoms with Gasteiger partial charge in [0.15, 0.2) is 0 Å². The molecule has 0 saturated heterocycles. The summed E-state index contributed by atoms with van der Waals surface area (Å²) < 4.78 is 16.6. The van der Waals surface area contributed by atoms with E-state index in [-0.39, 0.29) is 0 Å². The van der Waals surface area contributed by atoms with Gasteiger partial charge in [0.1, 0.15) is 11.5 Å². The summed E-state index contributed by atoms with van der Waals surface area (Å²) >= 11 is 0. The first-order valence-corrected chi connectivity index (χ1v) is 10.1. The van der Waals surface area contributed by atoms with Gasteiger partial charge < -0.3 is 14.2 Å². The largest absolute Gasteiger partial charge is 0.497 e. The van der Waals surface area contributed by atoms with E-state index >= 15 is 0 Å². The Morgan fingerprint density at radius 3 is 2.22 bits per heavy atom. The van der Waals surface area contributed by atoms with Gasteiger partial charge in [0.2, 0.25) is 0 Å². The molecule has 0 aromatic heterocycles. The first kappa shape index (κ1) is 18.4. The molecule has 0 radical (unpaired) electrons. The molecule has 4 atom stereocenters. The van der Waals surface area contributed by atoms with Crippen LogP contribution in [-0.4, -0.2) is 27.9 Å². The standard InChI is InChI=1S/C24H30O3/c1-25-15-23-20-13-12-18(27-3)14-22(20)19-6-4-5-7-21(19)24(23)16-8-10-17(26-2)11-9-16/h8-14,19,21,23-24H,4-7,15H2,1-3H3/t19-,21+,23+,24+/m1/s1. The van der Waals surface area contributed by atoms with Gasteiger partial charge in [0.25, 0.3) is 0 Å². The Kier molecular flexibility index (Phi) is 5.40. The first-order chi connectivity index (χ1) is 13.3. The fraction of sp³-hybridized carbons (Fsp3) is 0.500. The maximum atomic E-state index is 5.72. The fourth-order valence-corrected chi connectivity index (χ4v) is 5.48.